The Kier molecular flexibility index (Phi) is 12.7. The summed E-state index contributed by atoms with van der Waals surface area (Å²) in [6, 6.07) is 11.6. The number of nitrogens with zero attached hydrogens (tertiary/aromatic N) is 6. The molecule has 0 aliphatic carbocycles. The monoisotopic (exact) mass is 900 g/mol. The van der Waals surface area contributed by atoms with Gasteiger partial charge in [-0.1, -0.05) is 39.8 Å². The number of pyridine rings is 1. The van der Waals surface area contributed by atoms with Crippen molar-refractivity contribution in [2.45, 2.75) is 109 Å². The number of alkyl carbamates (subject to hydrolysis) is 2. The number of H-pyrrole nitrogens is 2. The Bertz CT molecular complexity index is 2410. The third kappa shape index (κ3) is 9.01. The minimum Gasteiger partial charge on any atom is -0.453 e. The molecule has 5 aromatic rings. The largest absolute Gasteiger partial charge is 0.453 e. The first-order valence-electron chi connectivity index (χ1n) is 22.2. The zero-order chi connectivity index (χ0) is 46.3. The highest BCUT2D eigenvalue weighted by Crippen LogP contribution is 2.48. The van der Waals surface area contributed by atoms with E-state index in [1.807, 2.05) is 64.1 Å². The van der Waals surface area contributed by atoms with Crippen LogP contribution in [0.25, 0.3) is 22.1 Å². The standard InChI is InChI=1S/C46H55F3N10O6/c1-24(2)38(55-44(62)64-5)42(60)57-19-7-9-35(57)40-51-29-14-11-26(21-31(29)53-40)33-16-17-34(59(33)28-13-18-37(50-23-28)46(47,48)49)27-12-15-30-32(22-27)54-41(52-30)36-10-8-20-58(36)43(61)39(25(3)4)56-45(63)65-6/h11-15,18,21-25,33-36,38-39H,7-10,16-17,19-20H2,1-6H3,(H,51,53)(H,52,54)(H,55,62)(H,56,63)/t33-,34-,35+,36?,38+,39+/m1/s1. The highest BCUT2D eigenvalue weighted by Gasteiger charge is 2.41. The summed E-state index contributed by atoms with van der Waals surface area (Å²) in [5.41, 5.74) is 4.32. The Morgan fingerprint density at radius 3 is 1.52 bits per heavy atom. The molecule has 65 heavy (non-hydrogen) atoms. The molecule has 3 aliphatic heterocycles. The van der Waals surface area contributed by atoms with Crippen molar-refractivity contribution >= 4 is 51.8 Å². The maximum Gasteiger partial charge on any atom is 0.433 e. The highest BCUT2D eigenvalue weighted by atomic mass is 19.4. The van der Waals surface area contributed by atoms with Crippen molar-refractivity contribution in [1.29, 1.82) is 0 Å². The lowest BCUT2D eigenvalue weighted by Gasteiger charge is -2.33. The van der Waals surface area contributed by atoms with Gasteiger partial charge in [-0.3, -0.25) is 9.59 Å². The summed E-state index contributed by atoms with van der Waals surface area (Å²) in [5.74, 6) is 0.478. The fourth-order valence-electron chi connectivity index (χ4n) is 9.74. The Balaban J connectivity index is 1.09. The van der Waals surface area contributed by atoms with E-state index in [-0.39, 0.29) is 47.8 Å². The molecule has 3 aliphatic rings. The summed E-state index contributed by atoms with van der Waals surface area (Å²) < 4.78 is 50.8. The van der Waals surface area contributed by atoms with Gasteiger partial charge < -0.3 is 44.8 Å². The molecule has 346 valence electrons. The van der Waals surface area contributed by atoms with Gasteiger partial charge in [0.15, 0.2) is 0 Å². The van der Waals surface area contributed by atoms with Gasteiger partial charge in [-0.05, 0) is 97.9 Å². The number of carbonyl (C=O) groups is 4. The third-order valence-corrected chi connectivity index (χ3v) is 13.0. The number of methoxy groups -OCH3 is 2. The number of nitrogens with one attached hydrogen (secondary N) is 4. The van der Waals surface area contributed by atoms with Crippen molar-refractivity contribution in [1.82, 2.24) is 45.4 Å². The number of ether oxygens (including phenoxy) is 2. The van der Waals surface area contributed by atoms with E-state index in [9.17, 15) is 32.3 Å². The number of imidazole rings is 2. The van der Waals surface area contributed by atoms with Crippen LogP contribution >= 0.6 is 0 Å². The number of benzene rings is 2. The molecule has 0 bridgehead atoms. The summed E-state index contributed by atoms with van der Waals surface area (Å²) in [6.07, 6.45) is -0.419. The quantitative estimate of drug-likeness (QED) is 0.101. The summed E-state index contributed by atoms with van der Waals surface area (Å²) in [7, 11) is 2.52. The molecule has 3 fully saturated rings. The molecule has 8 rings (SSSR count). The van der Waals surface area contributed by atoms with Crippen LogP contribution in [0.1, 0.15) is 119 Å². The molecule has 0 radical (unpaired) electrons. The molecule has 16 nitrogen and oxygen atoms in total. The van der Waals surface area contributed by atoms with Gasteiger partial charge in [-0.2, -0.15) is 13.2 Å². The molecule has 0 saturated carbocycles. The van der Waals surface area contributed by atoms with Gasteiger partial charge in [0.2, 0.25) is 11.8 Å². The second kappa shape index (κ2) is 18.2. The summed E-state index contributed by atoms with van der Waals surface area (Å²) in [6.45, 7) is 8.48. The Labute approximate surface area is 374 Å². The Morgan fingerprint density at radius 2 is 1.14 bits per heavy atom. The number of likely N-dealkylation sites (tertiary alicyclic amines) is 2. The highest BCUT2D eigenvalue weighted by molar-refractivity contribution is 5.87. The number of aromatic amines is 2. The Morgan fingerprint density at radius 1 is 0.677 bits per heavy atom. The number of rotatable bonds is 11. The second-order valence-electron chi connectivity index (χ2n) is 17.8. The van der Waals surface area contributed by atoms with Crippen molar-refractivity contribution in [3.8, 4) is 0 Å². The van der Waals surface area contributed by atoms with Crippen LogP contribution < -0.4 is 15.5 Å². The first kappa shape index (κ1) is 45.2. The van der Waals surface area contributed by atoms with E-state index >= 15 is 0 Å². The van der Waals surface area contributed by atoms with E-state index in [2.05, 4.69) is 30.5 Å². The fraction of sp³-hybridized carbons (Fsp3) is 0.500. The molecule has 4 amide bonds. The van der Waals surface area contributed by atoms with Crippen LogP contribution in [0.2, 0.25) is 0 Å². The normalized spacial score (nSPS) is 21.1. The lowest BCUT2D eigenvalue weighted by atomic mass is 10.0. The van der Waals surface area contributed by atoms with Gasteiger partial charge in [0, 0.05) is 13.1 Å². The predicted molar refractivity (Wildman–Crippen MR) is 234 cm³/mol. The Hall–Kier alpha value is -6.40. The molecule has 3 aromatic heterocycles. The van der Waals surface area contributed by atoms with Gasteiger partial charge in [-0.25, -0.2) is 24.5 Å². The predicted octanol–water partition coefficient (Wildman–Crippen LogP) is 8.02. The molecule has 6 heterocycles. The van der Waals surface area contributed by atoms with Crippen LogP contribution in [0, 0.1) is 11.8 Å². The van der Waals surface area contributed by atoms with Crippen molar-refractivity contribution in [3.63, 3.8) is 0 Å². The first-order valence-corrected chi connectivity index (χ1v) is 22.2. The number of hydrogen-bond acceptors (Lipinski definition) is 10. The van der Waals surface area contributed by atoms with Crippen LogP contribution in [0.4, 0.5) is 28.4 Å². The number of aromatic nitrogens is 5. The van der Waals surface area contributed by atoms with Crippen LogP contribution in [0.5, 0.6) is 0 Å². The van der Waals surface area contributed by atoms with Crippen LogP contribution in [-0.2, 0) is 25.2 Å². The maximum atomic E-state index is 13.8. The molecule has 6 atom stereocenters. The summed E-state index contributed by atoms with van der Waals surface area (Å²) in [4.78, 5) is 78.1. The minimum absolute atomic E-state index is 0.181. The average Bonchev–Trinajstić information content (AvgIpc) is 4.14. The molecule has 2 aromatic carbocycles. The van der Waals surface area contributed by atoms with E-state index in [1.54, 1.807) is 9.80 Å². The van der Waals surface area contributed by atoms with Crippen molar-refractivity contribution in [2.24, 2.45) is 11.8 Å². The number of amides is 4. The first-order chi connectivity index (χ1) is 31.1. The molecular formula is C46H55F3N10O6. The maximum absolute atomic E-state index is 13.8. The van der Waals surface area contributed by atoms with Gasteiger partial charge in [-0.15, -0.1) is 0 Å². The number of hydrogen-bond donors (Lipinski definition) is 4. The smallest absolute Gasteiger partial charge is 0.433 e. The van der Waals surface area contributed by atoms with Crippen molar-refractivity contribution < 1.29 is 41.8 Å². The van der Waals surface area contributed by atoms with Crippen LogP contribution in [-0.4, -0.2) is 98.1 Å². The van der Waals surface area contributed by atoms with Crippen LogP contribution in [0.3, 0.4) is 0 Å². The van der Waals surface area contributed by atoms with Crippen molar-refractivity contribution in [2.75, 3.05) is 32.2 Å². The lowest BCUT2D eigenvalue weighted by molar-refractivity contribution is -0.141. The molecule has 0 spiro atoms. The van der Waals surface area contributed by atoms with Crippen molar-refractivity contribution in [3.05, 3.63) is 83.2 Å². The number of halogens is 3. The molecule has 4 N–H and O–H groups in total. The molecule has 1 unspecified atom stereocenters. The van der Waals surface area contributed by atoms with Gasteiger partial charge in [0.25, 0.3) is 0 Å². The second-order valence-corrected chi connectivity index (χ2v) is 17.8. The summed E-state index contributed by atoms with van der Waals surface area (Å²) >= 11 is 0. The minimum atomic E-state index is -4.60. The topological polar surface area (TPSA) is 191 Å². The van der Waals surface area contributed by atoms with E-state index in [0.29, 0.717) is 67.1 Å². The molecule has 19 heteroatoms. The van der Waals surface area contributed by atoms with E-state index in [1.165, 1.54) is 26.5 Å². The zero-order valence-electron chi connectivity index (χ0n) is 37.2. The van der Waals surface area contributed by atoms with E-state index in [0.717, 1.165) is 41.1 Å². The number of alkyl halides is 3. The van der Waals surface area contributed by atoms with E-state index in [4.69, 9.17) is 19.4 Å². The van der Waals surface area contributed by atoms with Crippen LogP contribution in [0.15, 0.2) is 54.7 Å². The summed E-state index contributed by atoms with van der Waals surface area (Å²) in [5, 5.41) is 5.37. The van der Waals surface area contributed by atoms with Gasteiger partial charge in [0.1, 0.15) is 29.4 Å². The van der Waals surface area contributed by atoms with Gasteiger partial charge in [0.05, 0.1) is 72.3 Å². The molecular weight excluding hydrogens is 846 g/mol. The molecule has 3 saturated heterocycles. The number of fused-ring (bicyclic) bond motifs is 2. The third-order valence-electron chi connectivity index (χ3n) is 13.0. The number of anilines is 1. The van der Waals surface area contributed by atoms with Gasteiger partial charge >= 0.3 is 18.4 Å². The lowest BCUT2D eigenvalue weighted by Crippen LogP contribution is -2.51. The number of carbonyl (C=O) groups excluding carboxylic acids is 4. The van der Waals surface area contributed by atoms with E-state index < -0.39 is 36.1 Å². The SMILES string of the molecule is COC(=O)N[C@H](C(=O)N1CCCC1c1nc2ccc([C@H]3CC[C@H](c4ccc5nc([C@@H]6CCCN6C(=O)[C@@H](NC(=O)OC)C(C)C)[nH]c5c4)N3c3ccc(C(F)(F)F)nc3)cc2[nH]1)C(C)C. The fourth-order valence-corrected chi connectivity index (χ4v) is 9.74. The zero-order valence-corrected chi connectivity index (χ0v) is 37.2. The average molecular weight is 901 g/mol.